The summed E-state index contributed by atoms with van der Waals surface area (Å²) in [5, 5.41) is 0. The largest absolute Gasteiger partial charge is 0.310 e. The Balaban J connectivity index is 1.55. The van der Waals surface area contributed by atoms with Gasteiger partial charge in [0.05, 0.1) is 5.69 Å². The first-order chi connectivity index (χ1) is 12.8. The van der Waals surface area contributed by atoms with Gasteiger partial charge in [-0.1, -0.05) is 6.07 Å². The summed E-state index contributed by atoms with van der Waals surface area (Å²) in [7, 11) is 0. The van der Waals surface area contributed by atoms with Crippen LogP contribution < -0.4 is 5.56 Å². The molecule has 132 valence electrons. The standard InChI is InChI=1S/C20H21N5O/c26-19-10-18(16-5-2-8-22-12-16)23-20(24-19)17-6-3-9-25(14-17)13-15-4-1-7-21-11-15/h1-2,4-5,7-8,10-12,17H,3,6,9,13-14H2,(H,23,24,26)/t17-/m0/s1. The summed E-state index contributed by atoms with van der Waals surface area (Å²) in [6.07, 6.45) is 9.28. The fourth-order valence-corrected chi connectivity index (χ4v) is 3.50. The molecule has 26 heavy (non-hydrogen) atoms. The Morgan fingerprint density at radius 1 is 1.15 bits per heavy atom. The first-order valence-electron chi connectivity index (χ1n) is 8.91. The normalized spacial score (nSPS) is 17.9. The second-order valence-corrected chi connectivity index (χ2v) is 6.69. The van der Waals surface area contributed by atoms with Crippen LogP contribution in [0, 0.1) is 0 Å². The van der Waals surface area contributed by atoms with Gasteiger partial charge in [0.15, 0.2) is 0 Å². The van der Waals surface area contributed by atoms with E-state index in [9.17, 15) is 4.79 Å². The van der Waals surface area contributed by atoms with E-state index >= 15 is 0 Å². The Bertz CT molecular complexity index is 910. The van der Waals surface area contributed by atoms with Crippen LogP contribution in [0.3, 0.4) is 0 Å². The number of aromatic amines is 1. The number of likely N-dealkylation sites (tertiary alicyclic amines) is 1. The zero-order valence-corrected chi connectivity index (χ0v) is 14.5. The molecule has 0 unspecified atom stereocenters. The first kappa shape index (κ1) is 16.6. The third-order valence-electron chi connectivity index (χ3n) is 4.74. The Morgan fingerprint density at radius 2 is 2.00 bits per heavy atom. The van der Waals surface area contributed by atoms with Gasteiger partial charge in [0.1, 0.15) is 5.82 Å². The van der Waals surface area contributed by atoms with Gasteiger partial charge in [0.2, 0.25) is 0 Å². The third kappa shape index (κ3) is 3.86. The zero-order chi connectivity index (χ0) is 17.8. The SMILES string of the molecule is O=c1cc(-c2cccnc2)nc([C@H]2CCCN(Cc3cccnc3)C2)[nH]1. The van der Waals surface area contributed by atoms with Crippen LogP contribution in [0.1, 0.15) is 30.1 Å². The number of hydrogen-bond acceptors (Lipinski definition) is 5. The minimum Gasteiger partial charge on any atom is -0.310 e. The molecule has 0 radical (unpaired) electrons. The maximum Gasteiger partial charge on any atom is 0.251 e. The van der Waals surface area contributed by atoms with Crippen LogP contribution in [0.2, 0.25) is 0 Å². The fourth-order valence-electron chi connectivity index (χ4n) is 3.50. The fraction of sp³-hybridized carbons (Fsp3) is 0.300. The lowest BCUT2D eigenvalue weighted by Crippen LogP contribution is -2.35. The highest BCUT2D eigenvalue weighted by Gasteiger charge is 2.23. The van der Waals surface area contributed by atoms with Crippen LogP contribution in [0.15, 0.2) is 59.9 Å². The Morgan fingerprint density at radius 3 is 2.77 bits per heavy atom. The molecule has 0 amide bonds. The highest BCUT2D eigenvalue weighted by molar-refractivity contribution is 5.56. The van der Waals surface area contributed by atoms with E-state index in [1.807, 2.05) is 24.4 Å². The average molecular weight is 347 g/mol. The highest BCUT2D eigenvalue weighted by atomic mass is 16.1. The number of hydrogen-bond donors (Lipinski definition) is 1. The predicted octanol–water partition coefficient (Wildman–Crippen LogP) is 2.61. The summed E-state index contributed by atoms with van der Waals surface area (Å²) in [5.41, 5.74) is 2.64. The van der Waals surface area contributed by atoms with E-state index in [-0.39, 0.29) is 11.5 Å². The van der Waals surface area contributed by atoms with Crippen molar-refractivity contribution in [1.82, 2.24) is 24.8 Å². The summed E-state index contributed by atoms with van der Waals surface area (Å²) in [6.45, 7) is 2.81. The van der Waals surface area contributed by atoms with Crippen LogP contribution in [-0.4, -0.2) is 37.9 Å². The molecule has 6 heteroatoms. The molecule has 1 saturated heterocycles. The topological polar surface area (TPSA) is 74.8 Å². The number of aromatic nitrogens is 4. The second-order valence-electron chi connectivity index (χ2n) is 6.69. The van der Waals surface area contributed by atoms with Crippen molar-refractivity contribution in [2.24, 2.45) is 0 Å². The van der Waals surface area contributed by atoms with Gasteiger partial charge < -0.3 is 4.98 Å². The molecule has 6 nitrogen and oxygen atoms in total. The summed E-state index contributed by atoms with van der Waals surface area (Å²) in [4.78, 5) is 30.6. The van der Waals surface area contributed by atoms with Gasteiger partial charge in [0.25, 0.3) is 5.56 Å². The van der Waals surface area contributed by atoms with Crippen LogP contribution in [-0.2, 0) is 6.54 Å². The second kappa shape index (κ2) is 7.58. The Labute approximate surface area is 152 Å². The van der Waals surface area contributed by atoms with Gasteiger partial charge in [-0.05, 0) is 43.1 Å². The minimum absolute atomic E-state index is 0.113. The number of H-pyrrole nitrogens is 1. The van der Waals surface area contributed by atoms with Crippen molar-refractivity contribution in [3.63, 3.8) is 0 Å². The maximum atomic E-state index is 12.2. The van der Waals surface area contributed by atoms with Crippen LogP contribution in [0.25, 0.3) is 11.3 Å². The monoisotopic (exact) mass is 347 g/mol. The van der Waals surface area contributed by atoms with Gasteiger partial charge in [-0.15, -0.1) is 0 Å². The van der Waals surface area contributed by atoms with Crippen LogP contribution >= 0.6 is 0 Å². The number of nitrogens with zero attached hydrogens (tertiary/aromatic N) is 4. The molecule has 4 heterocycles. The van der Waals surface area contributed by atoms with Gasteiger partial charge in [-0.25, -0.2) is 4.98 Å². The van der Waals surface area contributed by atoms with Crippen LogP contribution in [0.5, 0.6) is 0 Å². The number of nitrogens with one attached hydrogen (secondary N) is 1. The lowest BCUT2D eigenvalue weighted by atomic mass is 9.96. The molecule has 1 N–H and O–H groups in total. The average Bonchev–Trinajstić information content (AvgIpc) is 2.69. The summed E-state index contributed by atoms with van der Waals surface area (Å²) in [5.74, 6) is 0.997. The van der Waals surface area contributed by atoms with Crippen molar-refractivity contribution in [3.8, 4) is 11.3 Å². The smallest absolute Gasteiger partial charge is 0.251 e. The molecule has 1 atom stereocenters. The van der Waals surface area contributed by atoms with Crippen molar-refractivity contribution >= 4 is 0 Å². The molecule has 3 aromatic heterocycles. The van der Waals surface area contributed by atoms with Gasteiger partial charge in [0, 0.05) is 55.4 Å². The van der Waals surface area contributed by atoms with Crippen molar-refractivity contribution in [2.75, 3.05) is 13.1 Å². The highest BCUT2D eigenvalue weighted by Crippen LogP contribution is 2.26. The molecule has 0 spiro atoms. The predicted molar refractivity (Wildman–Crippen MR) is 99.6 cm³/mol. The summed E-state index contributed by atoms with van der Waals surface area (Å²) >= 11 is 0. The van der Waals surface area contributed by atoms with E-state index in [4.69, 9.17) is 4.98 Å². The molecule has 0 bridgehead atoms. The molecule has 1 aliphatic rings. The van der Waals surface area contributed by atoms with E-state index in [0.717, 1.165) is 43.9 Å². The summed E-state index contributed by atoms with van der Waals surface area (Å²) in [6, 6.07) is 9.38. The van der Waals surface area contributed by atoms with Crippen molar-refractivity contribution < 1.29 is 0 Å². The number of piperidine rings is 1. The molecular weight excluding hydrogens is 326 g/mol. The molecular formula is C20H21N5O. The lowest BCUT2D eigenvalue weighted by molar-refractivity contribution is 0.196. The summed E-state index contributed by atoms with van der Waals surface area (Å²) < 4.78 is 0. The van der Waals surface area contributed by atoms with E-state index in [1.165, 1.54) is 11.6 Å². The first-order valence-corrected chi connectivity index (χ1v) is 8.91. The van der Waals surface area contributed by atoms with Crippen molar-refractivity contribution in [3.05, 3.63) is 76.9 Å². The van der Waals surface area contributed by atoms with Crippen molar-refractivity contribution in [1.29, 1.82) is 0 Å². The molecule has 4 rings (SSSR count). The van der Waals surface area contributed by atoms with Gasteiger partial charge in [-0.2, -0.15) is 0 Å². The van der Waals surface area contributed by atoms with E-state index < -0.39 is 0 Å². The zero-order valence-electron chi connectivity index (χ0n) is 14.5. The van der Waals surface area contributed by atoms with Crippen molar-refractivity contribution in [2.45, 2.75) is 25.3 Å². The molecule has 1 aliphatic heterocycles. The van der Waals surface area contributed by atoms with Gasteiger partial charge >= 0.3 is 0 Å². The number of pyridine rings is 2. The molecule has 0 aromatic carbocycles. The molecule has 0 saturated carbocycles. The Hall–Kier alpha value is -2.86. The van der Waals surface area contributed by atoms with Gasteiger partial charge in [-0.3, -0.25) is 19.7 Å². The lowest BCUT2D eigenvalue weighted by Gasteiger charge is -2.32. The third-order valence-corrected chi connectivity index (χ3v) is 4.74. The van der Waals surface area contributed by atoms with E-state index in [0.29, 0.717) is 5.69 Å². The Kier molecular flexibility index (Phi) is 4.84. The maximum absolute atomic E-state index is 12.2. The van der Waals surface area contributed by atoms with Crippen LogP contribution in [0.4, 0.5) is 0 Å². The van der Waals surface area contributed by atoms with E-state index in [1.54, 1.807) is 18.6 Å². The quantitative estimate of drug-likeness (QED) is 0.785. The molecule has 0 aliphatic carbocycles. The molecule has 3 aromatic rings. The number of rotatable bonds is 4. The van der Waals surface area contributed by atoms with E-state index in [2.05, 4.69) is 25.9 Å². The minimum atomic E-state index is -0.113. The molecule has 1 fully saturated rings.